The summed E-state index contributed by atoms with van der Waals surface area (Å²) in [6.07, 6.45) is 12.2. The Balaban J connectivity index is 2.22. The molecule has 0 radical (unpaired) electrons. The van der Waals surface area contributed by atoms with E-state index in [-0.39, 0.29) is 5.97 Å². The standard InChI is InChI=1S/C15H24N2O2/c1-3-7-13(12-8-5-4-6-9-12)17-11-16-10-14(17)15(18)19-2/h10-13H,3-9H2,1-2H3. The van der Waals surface area contributed by atoms with Crippen LogP contribution in [0.15, 0.2) is 12.5 Å². The third-order valence-corrected chi connectivity index (χ3v) is 4.20. The lowest BCUT2D eigenvalue weighted by Gasteiger charge is -2.31. The van der Waals surface area contributed by atoms with E-state index in [1.54, 1.807) is 12.5 Å². The zero-order chi connectivity index (χ0) is 13.7. The molecule has 1 heterocycles. The molecule has 1 unspecified atom stereocenters. The third kappa shape index (κ3) is 3.17. The van der Waals surface area contributed by atoms with E-state index < -0.39 is 0 Å². The highest BCUT2D eigenvalue weighted by atomic mass is 16.5. The van der Waals surface area contributed by atoms with Crippen molar-refractivity contribution in [1.29, 1.82) is 0 Å². The molecule has 4 heteroatoms. The number of carbonyl (C=O) groups is 1. The lowest BCUT2D eigenvalue weighted by Crippen LogP contribution is -2.24. The summed E-state index contributed by atoms with van der Waals surface area (Å²) in [7, 11) is 1.43. The van der Waals surface area contributed by atoms with Crippen LogP contribution in [-0.4, -0.2) is 22.6 Å². The minimum Gasteiger partial charge on any atom is -0.464 e. The summed E-state index contributed by atoms with van der Waals surface area (Å²) in [4.78, 5) is 16.0. The molecule has 1 aliphatic rings. The molecule has 19 heavy (non-hydrogen) atoms. The van der Waals surface area contributed by atoms with E-state index in [9.17, 15) is 4.79 Å². The first-order valence-electron chi connectivity index (χ1n) is 7.38. The molecular weight excluding hydrogens is 240 g/mol. The first-order chi connectivity index (χ1) is 9.27. The van der Waals surface area contributed by atoms with Gasteiger partial charge in [0, 0.05) is 6.04 Å². The van der Waals surface area contributed by atoms with E-state index in [2.05, 4.69) is 11.9 Å². The number of aromatic nitrogens is 2. The van der Waals surface area contributed by atoms with Crippen LogP contribution in [0.2, 0.25) is 0 Å². The second kappa shape index (κ2) is 6.73. The van der Waals surface area contributed by atoms with Gasteiger partial charge in [-0.15, -0.1) is 0 Å². The lowest BCUT2D eigenvalue weighted by molar-refractivity contribution is 0.0581. The van der Waals surface area contributed by atoms with Crippen molar-refractivity contribution in [2.24, 2.45) is 5.92 Å². The van der Waals surface area contributed by atoms with Gasteiger partial charge in [-0.3, -0.25) is 0 Å². The molecule has 1 aromatic rings. The fraction of sp³-hybridized carbons (Fsp3) is 0.733. The maximum absolute atomic E-state index is 11.8. The maximum Gasteiger partial charge on any atom is 0.356 e. The van der Waals surface area contributed by atoms with Crippen molar-refractivity contribution in [1.82, 2.24) is 9.55 Å². The number of hydrogen-bond acceptors (Lipinski definition) is 3. The Morgan fingerprint density at radius 3 is 2.84 bits per heavy atom. The van der Waals surface area contributed by atoms with Gasteiger partial charge in [-0.2, -0.15) is 0 Å². The van der Waals surface area contributed by atoms with Crippen LogP contribution in [0, 0.1) is 5.92 Å². The molecule has 1 atom stereocenters. The van der Waals surface area contributed by atoms with Crippen LogP contribution in [-0.2, 0) is 4.74 Å². The van der Waals surface area contributed by atoms with Crippen molar-refractivity contribution in [2.45, 2.75) is 57.9 Å². The number of ether oxygens (including phenoxy) is 1. The minimum absolute atomic E-state index is 0.283. The fourth-order valence-electron chi connectivity index (χ4n) is 3.25. The SMILES string of the molecule is CCCC(C1CCCCC1)n1cncc1C(=O)OC. The number of hydrogen-bond donors (Lipinski definition) is 0. The van der Waals surface area contributed by atoms with Crippen molar-refractivity contribution >= 4 is 5.97 Å². The smallest absolute Gasteiger partial charge is 0.356 e. The molecule has 1 saturated carbocycles. The molecule has 0 bridgehead atoms. The van der Waals surface area contributed by atoms with Crippen LogP contribution < -0.4 is 0 Å². The van der Waals surface area contributed by atoms with Crippen molar-refractivity contribution < 1.29 is 9.53 Å². The predicted octanol–water partition coefficient (Wildman–Crippen LogP) is 3.59. The molecular formula is C15H24N2O2. The molecule has 1 fully saturated rings. The van der Waals surface area contributed by atoms with E-state index in [4.69, 9.17) is 4.74 Å². The molecule has 0 spiro atoms. The molecule has 4 nitrogen and oxygen atoms in total. The number of imidazole rings is 1. The van der Waals surface area contributed by atoms with E-state index in [1.165, 1.54) is 39.2 Å². The van der Waals surface area contributed by atoms with Crippen molar-refractivity contribution in [3.05, 3.63) is 18.2 Å². The Kier molecular flexibility index (Phi) is 5.00. The van der Waals surface area contributed by atoms with Gasteiger partial charge in [0.05, 0.1) is 19.6 Å². The van der Waals surface area contributed by atoms with Crippen molar-refractivity contribution in [3.63, 3.8) is 0 Å². The summed E-state index contributed by atoms with van der Waals surface area (Å²) in [6, 6.07) is 0.391. The molecule has 0 saturated heterocycles. The van der Waals surface area contributed by atoms with Crippen molar-refractivity contribution in [3.8, 4) is 0 Å². The monoisotopic (exact) mass is 264 g/mol. The summed E-state index contributed by atoms with van der Waals surface area (Å²) in [5.41, 5.74) is 0.589. The maximum atomic E-state index is 11.8. The largest absolute Gasteiger partial charge is 0.464 e. The first-order valence-corrected chi connectivity index (χ1v) is 7.38. The van der Waals surface area contributed by atoms with E-state index in [1.807, 2.05) is 4.57 Å². The minimum atomic E-state index is -0.283. The van der Waals surface area contributed by atoms with Crippen LogP contribution in [0.25, 0.3) is 0 Å². The fourth-order valence-corrected chi connectivity index (χ4v) is 3.25. The summed E-state index contributed by atoms with van der Waals surface area (Å²) < 4.78 is 6.90. The summed E-state index contributed by atoms with van der Waals surface area (Å²) in [5.74, 6) is 0.390. The Morgan fingerprint density at radius 2 is 2.21 bits per heavy atom. The van der Waals surface area contributed by atoms with Gasteiger partial charge >= 0.3 is 5.97 Å². The molecule has 0 aromatic carbocycles. The van der Waals surface area contributed by atoms with Gasteiger partial charge in [0.2, 0.25) is 0 Å². The number of carbonyl (C=O) groups excluding carboxylic acids is 1. The van der Waals surface area contributed by atoms with Gasteiger partial charge in [0.15, 0.2) is 0 Å². The Hall–Kier alpha value is -1.32. The Morgan fingerprint density at radius 1 is 1.47 bits per heavy atom. The quantitative estimate of drug-likeness (QED) is 0.763. The number of methoxy groups -OCH3 is 1. The number of esters is 1. The highest BCUT2D eigenvalue weighted by Gasteiger charge is 2.27. The van der Waals surface area contributed by atoms with Gasteiger partial charge in [0.25, 0.3) is 0 Å². The van der Waals surface area contributed by atoms with Crippen LogP contribution in [0.4, 0.5) is 0 Å². The molecule has 1 aromatic heterocycles. The summed E-state index contributed by atoms with van der Waals surface area (Å²) in [5, 5.41) is 0. The Bertz CT molecular complexity index is 408. The second-order valence-corrected chi connectivity index (χ2v) is 5.43. The van der Waals surface area contributed by atoms with E-state index >= 15 is 0 Å². The van der Waals surface area contributed by atoms with Crippen LogP contribution >= 0.6 is 0 Å². The third-order valence-electron chi connectivity index (χ3n) is 4.20. The number of rotatable bonds is 5. The summed E-state index contributed by atoms with van der Waals surface area (Å²) in [6.45, 7) is 2.20. The number of nitrogens with zero attached hydrogens (tertiary/aromatic N) is 2. The van der Waals surface area contributed by atoms with Gasteiger partial charge < -0.3 is 9.30 Å². The molecule has 0 N–H and O–H groups in total. The van der Waals surface area contributed by atoms with E-state index in [0.29, 0.717) is 17.7 Å². The van der Waals surface area contributed by atoms with Crippen molar-refractivity contribution in [2.75, 3.05) is 7.11 Å². The van der Waals surface area contributed by atoms with Crippen LogP contribution in [0.3, 0.4) is 0 Å². The zero-order valence-corrected chi connectivity index (χ0v) is 12.0. The van der Waals surface area contributed by atoms with Crippen LogP contribution in [0.1, 0.15) is 68.4 Å². The molecule has 0 aliphatic heterocycles. The predicted molar refractivity (Wildman–Crippen MR) is 74.1 cm³/mol. The van der Waals surface area contributed by atoms with E-state index in [0.717, 1.165) is 12.8 Å². The Labute approximate surface area is 115 Å². The molecule has 1 aliphatic carbocycles. The van der Waals surface area contributed by atoms with Crippen LogP contribution in [0.5, 0.6) is 0 Å². The lowest BCUT2D eigenvalue weighted by atomic mass is 9.82. The second-order valence-electron chi connectivity index (χ2n) is 5.43. The first kappa shape index (κ1) is 14.1. The van der Waals surface area contributed by atoms with Gasteiger partial charge in [0.1, 0.15) is 5.69 Å². The molecule has 106 valence electrons. The molecule has 0 amide bonds. The highest BCUT2D eigenvalue weighted by Crippen LogP contribution is 2.36. The average Bonchev–Trinajstić information content (AvgIpc) is 2.94. The summed E-state index contributed by atoms with van der Waals surface area (Å²) >= 11 is 0. The highest BCUT2D eigenvalue weighted by molar-refractivity contribution is 5.87. The van der Waals surface area contributed by atoms with Gasteiger partial charge in [-0.05, 0) is 25.2 Å². The topological polar surface area (TPSA) is 44.1 Å². The van der Waals surface area contributed by atoms with Gasteiger partial charge in [-0.25, -0.2) is 9.78 Å². The normalized spacial score (nSPS) is 18.2. The molecule has 2 rings (SSSR count). The zero-order valence-electron chi connectivity index (χ0n) is 12.0. The van der Waals surface area contributed by atoms with Gasteiger partial charge in [-0.1, -0.05) is 32.6 Å². The average molecular weight is 264 g/mol.